The number of nitrogens with zero attached hydrogens (tertiary/aromatic N) is 3. The summed E-state index contributed by atoms with van der Waals surface area (Å²) in [6, 6.07) is 22.3. The molecule has 1 aliphatic rings. The molecule has 8 heteroatoms. The van der Waals surface area contributed by atoms with E-state index in [4.69, 9.17) is 0 Å². The maximum atomic E-state index is 13.3. The van der Waals surface area contributed by atoms with Crippen LogP contribution in [0.3, 0.4) is 0 Å². The standard InChI is InChI=1S/C25H27N3O4S/c1-2-28(21-10-4-3-5-11-21)33(31,32)22-12-8-9-20(19-22)25(30)27-17-15-26(16-18-27)23-13-6-7-14-24(23)29/h3-14,19,29H,2,15-18H2,1H3. The summed E-state index contributed by atoms with van der Waals surface area (Å²) in [5.41, 5.74) is 1.67. The topological polar surface area (TPSA) is 81.2 Å². The van der Waals surface area contributed by atoms with E-state index in [0.717, 1.165) is 5.69 Å². The monoisotopic (exact) mass is 465 g/mol. The van der Waals surface area contributed by atoms with Crippen LogP contribution in [-0.2, 0) is 10.0 Å². The molecule has 4 rings (SSSR count). The average Bonchev–Trinajstić information content (AvgIpc) is 2.85. The number of para-hydroxylation sites is 3. The van der Waals surface area contributed by atoms with Crippen molar-refractivity contribution in [1.82, 2.24) is 4.90 Å². The molecule has 172 valence electrons. The second-order valence-electron chi connectivity index (χ2n) is 7.80. The van der Waals surface area contributed by atoms with E-state index >= 15 is 0 Å². The van der Waals surface area contributed by atoms with Crippen LogP contribution in [0.4, 0.5) is 11.4 Å². The number of piperazine rings is 1. The zero-order valence-electron chi connectivity index (χ0n) is 18.5. The Kier molecular flexibility index (Phi) is 6.55. The van der Waals surface area contributed by atoms with Gasteiger partial charge in [0.05, 0.1) is 16.3 Å². The predicted octanol–water partition coefficient (Wildman–Crippen LogP) is 3.57. The zero-order chi connectivity index (χ0) is 23.4. The molecule has 1 N–H and O–H groups in total. The van der Waals surface area contributed by atoms with E-state index in [0.29, 0.717) is 37.4 Å². The molecule has 0 saturated carbocycles. The summed E-state index contributed by atoms with van der Waals surface area (Å²) in [5.74, 6) is 0.0146. The number of carbonyl (C=O) groups is 1. The van der Waals surface area contributed by atoms with Gasteiger partial charge in [0, 0.05) is 38.3 Å². The SMILES string of the molecule is CCN(c1ccccc1)S(=O)(=O)c1cccc(C(=O)N2CCN(c3ccccc3O)CC2)c1. The summed E-state index contributed by atoms with van der Waals surface area (Å²) < 4.78 is 28.0. The summed E-state index contributed by atoms with van der Waals surface area (Å²) in [6.07, 6.45) is 0. The van der Waals surface area contributed by atoms with E-state index in [9.17, 15) is 18.3 Å². The maximum absolute atomic E-state index is 13.3. The molecule has 0 atom stereocenters. The van der Waals surface area contributed by atoms with Crippen molar-refractivity contribution in [3.8, 4) is 5.75 Å². The Balaban J connectivity index is 1.51. The van der Waals surface area contributed by atoms with Crippen molar-refractivity contribution < 1.29 is 18.3 Å². The Morgan fingerprint density at radius 1 is 0.909 bits per heavy atom. The van der Waals surface area contributed by atoms with Gasteiger partial charge in [-0.25, -0.2) is 8.42 Å². The quantitative estimate of drug-likeness (QED) is 0.602. The van der Waals surface area contributed by atoms with Gasteiger partial charge in [-0.15, -0.1) is 0 Å². The molecule has 0 aliphatic carbocycles. The van der Waals surface area contributed by atoms with Gasteiger partial charge < -0.3 is 14.9 Å². The summed E-state index contributed by atoms with van der Waals surface area (Å²) in [5, 5.41) is 10.1. The molecule has 1 fully saturated rings. The van der Waals surface area contributed by atoms with Crippen molar-refractivity contribution in [1.29, 1.82) is 0 Å². The van der Waals surface area contributed by atoms with E-state index < -0.39 is 10.0 Å². The molecule has 1 saturated heterocycles. The van der Waals surface area contributed by atoms with E-state index in [-0.39, 0.29) is 23.1 Å². The van der Waals surface area contributed by atoms with Gasteiger partial charge in [0.2, 0.25) is 0 Å². The number of hydrogen-bond donors (Lipinski definition) is 1. The second kappa shape index (κ2) is 9.54. The van der Waals surface area contributed by atoms with Crippen LogP contribution in [0.5, 0.6) is 5.75 Å². The maximum Gasteiger partial charge on any atom is 0.264 e. The van der Waals surface area contributed by atoms with Crippen molar-refractivity contribution in [3.05, 3.63) is 84.4 Å². The Labute approximate surface area is 194 Å². The van der Waals surface area contributed by atoms with Crippen molar-refractivity contribution in [2.24, 2.45) is 0 Å². The highest BCUT2D eigenvalue weighted by molar-refractivity contribution is 7.92. The van der Waals surface area contributed by atoms with E-state index in [2.05, 4.69) is 0 Å². The third-order valence-electron chi connectivity index (χ3n) is 5.79. The second-order valence-corrected chi connectivity index (χ2v) is 9.66. The van der Waals surface area contributed by atoms with Crippen molar-refractivity contribution in [3.63, 3.8) is 0 Å². The molecule has 0 unspecified atom stereocenters. The van der Waals surface area contributed by atoms with Crippen LogP contribution >= 0.6 is 0 Å². The lowest BCUT2D eigenvalue weighted by atomic mass is 10.1. The largest absolute Gasteiger partial charge is 0.506 e. The first-order valence-corrected chi connectivity index (χ1v) is 12.4. The first-order chi connectivity index (χ1) is 15.9. The fraction of sp³-hybridized carbons (Fsp3) is 0.240. The Morgan fingerprint density at radius 3 is 2.24 bits per heavy atom. The molecule has 0 radical (unpaired) electrons. The third kappa shape index (κ3) is 4.66. The van der Waals surface area contributed by atoms with Gasteiger partial charge in [-0.3, -0.25) is 9.10 Å². The first-order valence-electron chi connectivity index (χ1n) is 10.9. The lowest BCUT2D eigenvalue weighted by Crippen LogP contribution is -2.48. The number of phenolic OH excluding ortho intramolecular Hbond substituents is 1. The number of anilines is 2. The fourth-order valence-corrected chi connectivity index (χ4v) is 5.59. The predicted molar refractivity (Wildman–Crippen MR) is 129 cm³/mol. The van der Waals surface area contributed by atoms with Crippen LogP contribution in [0.1, 0.15) is 17.3 Å². The number of hydrogen-bond acceptors (Lipinski definition) is 5. The third-order valence-corrected chi connectivity index (χ3v) is 7.69. The Bertz CT molecular complexity index is 1220. The summed E-state index contributed by atoms with van der Waals surface area (Å²) in [4.78, 5) is 17.0. The lowest BCUT2D eigenvalue weighted by molar-refractivity contribution is 0.0746. The van der Waals surface area contributed by atoms with Gasteiger partial charge in [0.1, 0.15) is 5.75 Å². The molecule has 7 nitrogen and oxygen atoms in total. The van der Waals surface area contributed by atoms with E-state index in [1.807, 2.05) is 23.1 Å². The molecule has 0 bridgehead atoms. The van der Waals surface area contributed by atoms with Crippen molar-refractivity contribution >= 4 is 27.3 Å². The number of amides is 1. The van der Waals surface area contributed by atoms with E-state index in [1.54, 1.807) is 60.4 Å². The molecule has 1 aliphatic heterocycles. The van der Waals surface area contributed by atoms with Gasteiger partial charge >= 0.3 is 0 Å². The number of rotatable bonds is 6. The molecule has 1 amide bonds. The normalized spacial score (nSPS) is 14.2. The van der Waals surface area contributed by atoms with Crippen LogP contribution in [0.25, 0.3) is 0 Å². The van der Waals surface area contributed by atoms with E-state index in [1.165, 1.54) is 16.4 Å². The molecule has 0 aromatic heterocycles. The highest BCUT2D eigenvalue weighted by Crippen LogP contribution is 2.28. The Morgan fingerprint density at radius 2 is 1.58 bits per heavy atom. The van der Waals surface area contributed by atoms with Crippen molar-refractivity contribution in [2.75, 3.05) is 41.9 Å². The highest BCUT2D eigenvalue weighted by Gasteiger charge is 2.27. The van der Waals surface area contributed by atoms with Crippen LogP contribution < -0.4 is 9.21 Å². The van der Waals surface area contributed by atoms with Gasteiger partial charge in [-0.2, -0.15) is 0 Å². The molecule has 3 aromatic rings. The smallest absolute Gasteiger partial charge is 0.264 e. The van der Waals surface area contributed by atoms with Crippen LogP contribution in [-0.4, -0.2) is 57.1 Å². The van der Waals surface area contributed by atoms with Gasteiger partial charge in [-0.05, 0) is 49.4 Å². The summed E-state index contributed by atoms with van der Waals surface area (Å²) >= 11 is 0. The number of aromatic hydroxyl groups is 1. The lowest BCUT2D eigenvalue weighted by Gasteiger charge is -2.36. The molecule has 3 aromatic carbocycles. The minimum atomic E-state index is -3.81. The number of sulfonamides is 1. The minimum absolute atomic E-state index is 0.0897. The Hall–Kier alpha value is -3.52. The van der Waals surface area contributed by atoms with Crippen LogP contribution in [0, 0.1) is 0 Å². The summed E-state index contributed by atoms with van der Waals surface area (Å²) in [6.45, 7) is 4.19. The average molecular weight is 466 g/mol. The van der Waals surface area contributed by atoms with Crippen LogP contribution in [0.2, 0.25) is 0 Å². The molecular formula is C25H27N3O4S. The zero-order valence-corrected chi connectivity index (χ0v) is 19.3. The molecule has 1 heterocycles. The highest BCUT2D eigenvalue weighted by atomic mass is 32.2. The fourth-order valence-electron chi connectivity index (χ4n) is 4.07. The van der Waals surface area contributed by atoms with Gasteiger partial charge in [-0.1, -0.05) is 36.4 Å². The number of carbonyl (C=O) groups excluding carboxylic acids is 1. The minimum Gasteiger partial charge on any atom is -0.506 e. The van der Waals surface area contributed by atoms with Gasteiger partial charge in [0.25, 0.3) is 15.9 Å². The van der Waals surface area contributed by atoms with Gasteiger partial charge in [0.15, 0.2) is 0 Å². The molecule has 0 spiro atoms. The summed E-state index contributed by atoms with van der Waals surface area (Å²) in [7, 11) is -3.81. The first kappa shape index (κ1) is 22.7. The number of benzene rings is 3. The molecular weight excluding hydrogens is 438 g/mol. The van der Waals surface area contributed by atoms with Crippen molar-refractivity contribution in [2.45, 2.75) is 11.8 Å². The van der Waals surface area contributed by atoms with Crippen LogP contribution in [0.15, 0.2) is 83.8 Å². The molecule has 33 heavy (non-hydrogen) atoms. The number of phenols is 1.